The van der Waals surface area contributed by atoms with Gasteiger partial charge >= 0.3 is 6.18 Å². The van der Waals surface area contributed by atoms with Crippen molar-refractivity contribution in [1.29, 1.82) is 0 Å². The van der Waals surface area contributed by atoms with E-state index in [0.29, 0.717) is 6.07 Å². The molecule has 0 aliphatic heterocycles. The maximum Gasteiger partial charge on any atom is 0.433 e. The second-order valence-electron chi connectivity index (χ2n) is 3.62. The Kier molecular flexibility index (Phi) is 3.80. The van der Waals surface area contributed by atoms with Gasteiger partial charge in [0.05, 0.1) is 4.47 Å². The number of alkyl halides is 3. The molecule has 0 fully saturated rings. The highest BCUT2D eigenvalue weighted by molar-refractivity contribution is 9.10. The Balaban J connectivity index is 2.36. The number of hydrogen-bond donors (Lipinski definition) is 1. The van der Waals surface area contributed by atoms with E-state index in [-0.39, 0.29) is 10.2 Å². The second kappa shape index (κ2) is 5.23. The van der Waals surface area contributed by atoms with Crippen LogP contribution >= 0.6 is 15.9 Å². The Hall–Kier alpha value is -1.90. The molecule has 2 N–H and O–H groups in total. The van der Waals surface area contributed by atoms with Gasteiger partial charge in [0, 0.05) is 6.07 Å². The van der Waals surface area contributed by atoms with Crippen molar-refractivity contribution in [3.8, 4) is 11.6 Å². The molecule has 0 unspecified atom stereocenters. The molecule has 0 radical (unpaired) electrons. The average Bonchev–Trinajstić information content (AvgIpc) is 2.31. The molecule has 0 aliphatic rings. The quantitative estimate of drug-likeness (QED) is 0.836. The van der Waals surface area contributed by atoms with Gasteiger partial charge in [0.1, 0.15) is 11.6 Å². The van der Waals surface area contributed by atoms with Gasteiger partial charge in [-0.05, 0) is 34.1 Å². The third-order valence-corrected chi connectivity index (χ3v) is 2.74. The van der Waals surface area contributed by atoms with Gasteiger partial charge in [-0.15, -0.1) is 0 Å². The maximum atomic E-state index is 12.9. The molecule has 1 heterocycles. The number of benzene rings is 1. The first-order chi connectivity index (χ1) is 9.25. The summed E-state index contributed by atoms with van der Waals surface area (Å²) in [7, 11) is 0. The summed E-state index contributed by atoms with van der Waals surface area (Å²) in [6.07, 6.45) is -4.67. The number of hydrogen-bond acceptors (Lipinski definition) is 4. The molecule has 4 nitrogen and oxygen atoms in total. The molecule has 0 saturated heterocycles. The van der Waals surface area contributed by atoms with Crippen LogP contribution in [0.15, 0.2) is 28.7 Å². The first kappa shape index (κ1) is 14.5. The van der Waals surface area contributed by atoms with Gasteiger partial charge in [-0.25, -0.2) is 9.37 Å². The number of nitrogens with zero attached hydrogens (tertiary/aromatic N) is 2. The zero-order valence-electron chi connectivity index (χ0n) is 9.58. The molecule has 1 aromatic carbocycles. The number of rotatable bonds is 2. The van der Waals surface area contributed by atoms with Crippen molar-refractivity contribution in [1.82, 2.24) is 9.97 Å². The average molecular weight is 352 g/mol. The zero-order valence-corrected chi connectivity index (χ0v) is 11.2. The van der Waals surface area contributed by atoms with Crippen molar-refractivity contribution in [3.63, 3.8) is 0 Å². The Bertz CT molecular complexity index is 648. The minimum absolute atomic E-state index is 0.0950. The van der Waals surface area contributed by atoms with Crippen LogP contribution in [0.25, 0.3) is 0 Å². The summed E-state index contributed by atoms with van der Waals surface area (Å²) in [6.45, 7) is 0. The lowest BCUT2D eigenvalue weighted by Crippen LogP contribution is -2.11. The van der Waals surface area contributed by atoms with Gasteiger partial charge in [-0.3, -0.25) is 0 Å². The molecule has 20 heavy (non-hydrogen) atoms. The first-order valence-electron chi connectivity index (χ1n) is 5.10. The molecule has 1 aromatic heterocycles. The highest BCUT2D eigenvalue weighted by Crippen LogP contribution is 2.33. The SMILES string of the molecule is Nc1nc(Oc2ccc(F)cc2Br)cc(C(F)(F)F)n1. The molecular weight excluding hydrogens is 346 g/mol. The van der Waals surface area contributed by atoms with E-state index in [1.807, 2.05) is 0 Å². The lowest BCUT2D eigenvalue weighted by atomic mass is 10.3. The van der Waals surface area contributed by atoms with Crippen LogP contribution in [0.4, 0.5) is 23.5 Å². The van der Waals surface area contributed by atoms with E-state index < -0.39 is 29.5 Å². The van der Waals surface area contributed by atoms with E-state index >= 15 is 0 Å². The van der Waals surface area contributed by atoms with Crippen molar-refractivity contribution in [3.05, 3.63) is 40.2 Å². The summed E-state index contributed by atoms with van der Waals surface area (Å²) in [4.78, 5) is 6.61. The number of nitrogen functional groups attached to an aromatic ring is 1. The van der Waals surface area contributed by atoms with E-state index in [1.165, 1.54) is 6.07 Å². The molecule has 106 valence electrons. The van der Waals surface area contributed by atoms with Crippen molar-refractivity contribution in [2.75, 3.05) is 5.73 Å². The fraction of sp³-hybridized carbons (Fsp3) is 0.0909. The predicted octanol–water partition coefficient (Wildman–Crippen LogP) is 3.77. The number of nitrogens with two attached hydrogens (primary N) is 1. The van der Waals surface area contributed by atoms with Crippen molar-refractivity contribution < 1.29 is 22.3 Å². The molecule has 0 atom stereocenters. The van der Waals surface area contributed by atoms with Crippen LogP contribution in [0, 0.1) is 5.82 Å². The van der Waals surface area contributed by atoms with Gasteiger partial charge in [0.2, 0.25) is 11.8 Å². The third kappa shape index (κ3) is 3.35. The van der Waals surface area contributed by atoms with Gasteiger partial charge in [0.25, 0.3) is 0 Å². The van der Waals surface area contributed by atoms with Crippen LogP contribution in [-0.4, -0.2) is 9.97 Å². The van der Waals surface area contributed by atoms with Crippen LogP contribution in [0.2, 0.25) is 0 Å². The summed E-state index contributed by atoms with van der Waals surface area (Å²) in [5.41, 5.74) is 3.97. The Morgan fingerprint density at radius 2 is 1.85 bits per heavy atom. The number of ether oxygens (including phenoxy) is 1. The molecule has 9 heteroatoms. The van der Waals surface area contributed by atoms with Crippen LogP contribution in [0.1, 0.15) is 5.69 Å². The highest BCUT2D eigenvalue weighted by Gasteiger charge is 2.33. The lowest BCUT2D eigenvalue weighted by Gasteiger charge is -2.10. The lowest BCUT2D eigenvalue weighted by molar-refractivity contribution is -0.141. The molecule has 2 rings (SSSR count). The third-order valence-electron chi connectivity index (χ3n) is 2.12. The Morgan fingerprint density at radius 1 is 1.15 bits per heavy atom. The number of halogens is 5. The topological polar surface area (TPSA) is 61.0 Å². The van der Waals surface area contributed by atoms with E-state index in [9.17, 15) is 17.6 Å². The Morgan fingerprint density at radius 3 is 2.45 bits per heavy atom. The van der Waals surface area contributed by atoms with Crippen LogP contribution in [-0.2, 0) is 6.18 Å². The summed E-state index contributed by atoms with van der Waals surface area (Å²) < 4.78 is 55.9. The van der Waals surface area contributed by atoms with E-state index in [4.69, 9.17) is 10.5 Å². The molecule has 0 saturated carbocycles. The molecule has 0 spiro atoms. The van der Waals surface area contributed by atoms with Crippen LogP contribution in [0.3, 0.4) is 0 Å². The molecule has 2 aromatic rings. The zero-order chi connectivity index (χ0) is 14.9. The summed E-state index contributed by atoms with van der Waals surface area (Å²) in [5, 5.41) is 0. The van der Waals surface area contributed by atoms with Crippen molar-refractivity contribution >= 4 is 21.9 Å². The first-order valence-corrected chi connectivity index (χ1v) is 5.89. The Labute approximate surface area is 118 Å². The van der Waals surface area contributed by atoms with E-state index in [2.05, 4.69) is 25.9 Å². The highest BCUT2D eigenvalue weighted by atomic mass is 79.9. The predicted molar refractivity (Wildman–Crippen MR) is 65.6 cm³/mol. The second-order valence-corrected chi connectivity index (χ2v) is 4.48. The van der Waals surface area contributed by atoms with Crippen molar-refractivity contribution in [2.45, 2.75) is 6.18 Å². The number of aromatic nitrogens is 2. The van der Waals surface area contributed by atoms with Gasteiger partial charge in [-0.2, -0.15) is 18.2 Å². The fourth-order valence-corrected chi connectivity index (χ4v) is 1.74. The molecule has 0 bridgehead atoms. The van der Waals surface area contributed by atoms with Gasteiger partial charge < -0.3 is 10.5 Å². The standard InChI is InChI=1S/C11H6BrF4N3O/c12-6-3-5(13)1-2-7(6)20-9-4-8(11(14,15)16)18-10(17)19-9/h1-4H,(H2,17,18,19). The normalized spacial score (nSPS) is 11.4. The van der Waals surface area contributed by atoms with Gasteiger partial charge in [-0.1, -0.05) is 0 Å². The van der Waals surface area contributed by atoms with Crippen LogP contribution in [0.5, 0.6) is 11.6 Å². The monoisotopic (exact) mass is 351 g/mol. The molecule has 0 amide bonds. The minimum atomic E-state index is -4.67. The summed E-state index contributed by atoms with van der Waals surface area (Å²) in [5.74, 6) is -1.40. The smallest absolute Gasteiger partial charge is 0.433 e. The van der Waals surface area contributed by atoms with Gasteiger partial charge in [0.15, 0.2) is 5.69 Å². The summed E-state index contributed by atoms with van der Waals surface area (Å²) >= 11 is 3.02. The fourth-order valence-electron chi connectivity index (χ4n) is 1.31. The summed E-state index contributed by atoms with van der Waals surface area (Å²) in [6, 6.07) is 4.04. The maximum absolute atomic E-state index is 12.9. The largest absolute Gasteiger partial charge is 0.438 e. The van der Waals surface area contributed by atoms with E-state index in [1.54, 1.807) is 0 Å². The van der Waals surface area contributed by atoms with E-state index in [0.717, 1.165) is 12.1 Å². The minimum Gasteiger partial charge on any atom is -0.438 e. The molecule has 0 aliphatic carbocycles. The number of anilines is 1. The van der Waals surface area contributed by atoms with Crippen LogP contribution < -0.4 is 10.5 Å². The molecular formula is C11H6BrF4N3O. The van der Waals surface area contributed by atoms with Crippen molar-refractivity contribution in [2.24, 2.45) is 0 Å².